The smallest absolute Gasteiger partial charge is 0.387 e. The van der Waals surface area contributed by atoms with E-state index in [2.05, 4.69) is 4.74 Å². The molecule has 0 aliphatic heterocycles. The molecule has 0 radical (unpaired) electrons. The minimum Gasteiger partial charge on any atom is -0.435 e. The third-order valence-electron chi connectivity index (χ3n) is 1.93. The van der Waals surface area contributed by atoms with Gasteiger partial charge in [-0.15, -0.1) is 0 Å². The zero-order valence-corrected chi connectivity index (χ0v) is 8.65. The summed E-state index contributed by atoms with van der Waals surface area (Å²) < 4.78 is 28.0. The van der Waals surface area contributed by atoms with Gasteiger partial charge >= 0.3 is 6.61 Å². The molecule has 17 heavy (non-hydrogen) atoms. The van der Waals surface area contributed by atoms with Crippen molar-refractivity contribution in [3.05, 3.63) is 27.8 Å². The van der Waals surface area contributed by atoms with Crippen molar-refractivity contribution in [2.24, 2.45) is 0 Å². The fraction of sp³-hybridized carbons (Fsp3) is 0.222. The lowest BCUT2D eigenvalue weighted by molar-refractivity contribution is -0.384. The standard InChI is InChI=1S/C9H8F2N2O4/c1-4(14)6-2-5(17-9(10)11)3-7(8(6)12)13(15)16/h2-3,9H,12H2,1H3. The van der Waals surface area contributed by atoms with Crippen molar-refractivity contribution in [2.75, 3.05) is 5.73 Å². The minimum atomic E-state index is -3.14. The highest BCUT2D eigenvalue weighted by Gasteiger charge is 2.21. The molecule has 0 atom stereocenters. The third-order valence-corrected chi connectivity index (χ3v) is 1.93. The van der Waals surface area contributed by atoms with Crippen LogP contribution in [0.5, 0.6) is 5.75 Å². The van der Waals surface area contributed by atoms with Crippen molar-refractivity contribution in [1.29, 1.82) is 0 Å². The molecule has 0 fully saturated rings. The Morgan fingerprint density at radius 3 is 2.53 bits per heavy atom. The minimum absolute atomic E-state index is 0.227. The first-order valence-corrected chi connectivity index (χ1v) is 4.36. The number of carbonyl (C=O) groups excluding carboxylic acids is 1. The number of ketones is 1. The van der Waals surface area contributed by atoms with E-state index in [0.29, 0.717) is 0 Å². The maximum atomic E-state index is 12.0. The fourth-order valence-corrected chi connectivity index (χ4v) is 1.23. The van der Waals surface area contributed by atoms with Crippen LogP contribution >= 0.6 is 0 Å². The summed E-state index contributed by atoms with van der Waals surface area (Å²) in [5, 5.41) is 10.6. The number of halogens is 2. The highest BCUT2D eigenvalue weighted by atomic mass is 19.3. The molecule has 0 amide bonds. The highest BCUT2D eigenvalue weighted by molar-refractivity contribution is 6.01. The number of Topliss-reactive ketones (excluding diaryl/α,β-unsaturated/α-hetero) is 1. The van der Waals surface area contributed by atoms with Crippen LogP contribution in [-0.4, -0.2) is 17.3 Å². The fourth-order valence-electron chi connectivity index (χ4n) is 1.23. The Kier molecular flexibility index (Phi) is 3.56. The zero-order chi connectivity index (χ0) is 13.2. The second-order valence-corrected chi connectivity index (χ2v) is 3.10. The molecular formula is C9H8F2N2O4. The Morgan fingerprint density at radius 2 is 2.12 bits per heavy atom. The van der Waals surface area contributed by atoms with Crippen molar-refractivity contribution < 1.29 is 23.2 Å². The first-order chi connectivity index (χ1) is 7.82. The second-order valence-electron chi connectivity index (χ2n) is 3.10. The SMILES string of the molecule is CC(=O)c1cc(OC(F)F)cc([N+](=O)[O-])c1N. The second kappa shape index (κ2) is 4.73. The zero-order valence-electron chi connectivity index (χ0n) is 8.65. The molecule has 6 nitrogen and oxygen atoms in total. The summed E-state index contributed by atoms with van der Waals surface area (Å²) in [4.78, 5) is 20.9. The maximum Gasteiger partial charge on any atom is 0.387 e. The van der Waals surface area contributed by atoms with Crippen LogP contribution in [0, 0.1) is 10.1 Å². The van der Waals surface area contributed by atoms with E-state index in [-0.39, 0.29) is 11.3 Å². The Morgan fingerprint density at radius 1 is 1.53 bits per heavy atom. The molecule has 0 saturated heterocycles. The summed E-state index contributed by atoms with van der Waals surface area (Å²) in [6, 6.07) is 1.69. The predicted molar refractivity (Wildman–Crippen MR) is 54.1 cm³/mol. The summed E-state index contributed by atoms with van der Waals surface area (Å²) >= 11 is 0. The molecule has 1 aromatic carbocycles. The topological polar surface area (TPSA) is 95.5 Å². The van der Waals surface area contributed by atoms with E-state index >= 15 is 0 Å². The van der Waals surface area contributed by atoms with Gasteiger partial charge in [-0.1, -0.05) is 0 Å². The van der Waals surface area contributed by atoms with Crippen molar-refractivity contribution in [1.82, 2.24) is 0 Å². The molecule has 0 aliphatic rings. The van der Waals surface area contributed by atoms with Crippen molar-refractivity contribution in [3.63, 3.8) is 0 Å². The van der Waals surface area contributed by atoms with Crippen molar-refractivity contribution in [3.8, 4) is 5.75 Å². The van der Waals surface area contributed by atoms with Crippen LogP contribution in [0.25, 0.3) is 0 Å². The summed E-state index contributed by atoms with van der Waals surface area (Å²) in [6.45, 7) is -2.03. The number of benzene rings is 1. The summed E-state index contributed by atoms with van der Waals surface area (Å²) in [6.07, 6.45) is 0. The number of carbonyl (C=O) groups is 1. The Bertz CT molecular complexity index is 441. The number of ether oxygens (including phenoxy) is 1. The van der Waals surface area contributed by atoms with Crippen molar-refractivity contribution >= 4 is 17.2 Å². The molecule has 8 heteroatoms. The molecule has 1 rings (SSSR count). The Hall–Kier alpha value is -2.25. The molecule has 1 aromatic rings. The van der Waals surface area contributed by atoms with E-state index in [1.54, 1.807) is 0 Å². The molecule has 0 aromatic heterocycles. The number of anilines is 1. The first kappa shape index (κ1) is 12.8. The molecule has 0 heterocycles. The number of nitrogens with zero attached hydrogens (tertiary/aromatic N) is 1. The number of rotatable bonds is 4. The van der Waals surface area contributed by atoms with Gasteiger partial charge in [0.2, 0.25) is 0 Å². The van der Waals surface area contributed by atoms with Gasteiger partial charge in [-0.3, -0.25) is 14.9 Å². The average molecular weight is 246 g/mol. The maximum absolute atomic E-state index is 12.0. The number of nitrogen functional groups attached to an aromatic ring is 1. The van der Waals surface area contributed by atoms with E-state index in [1.807, 2.05) is 0 Å². The lowest BCUT2D eigenvalue weighted by Crippen LogP contribution is -2.07. The molecule has 0 bridgehead atoms. The number of hydrogen-bond donors (Lipinski definition) is 1. The number of hydrogen-bond acceptors (Lipinski definition) is 5. The van der Waals surface area contributed by atoms with Crippen molar-refractivity contribution in [2.45, 2.75) is 13.5 Å². The highest BCUT2D eigenvalue weighted by Crippen LogP contribution is 2.31. The van der Waals surface area contributed by atoms with Gasteiger partial charge in [0.05, 0.1) is 16.6 Å². The molecule has 0 spiro atoms. The number of alkyl halides is 2. The summed E-state index contributed by atoms with van der Waals surface area (Å²) in [5.41, 5.74) is 4.14. The quantitative estimate of drug-likeness (QED) is 0.379. The van der Waals surface area contributed by atoms with E-state index in [9.17, 15) is 23.7 Å². The van der Waals surface area contributed by atoms with Crippen LogP contribution in [0.15, 0.2) is 12.1 Å². The van der Waals surface area contributed by atoms with Gasteiger partial charge < -0.3 is 10.5 Å². The number of nitro groups is 1. The van der Waals surface area contributed by atoms with Gasteiger partial charge in [-0.25, -0.2) is 0 Å². The van der Waals surface area contributed by atoms with Crippen LogP contribution < -0.4 is 10.5 Å². The first-order valence-electron chi connectivity index (χ1n) is 4.36. The normalized spacial score (nSPS) is 10.4. The molecule has 2 N–H and O–H groups in total. The van der Waals surface area contributed by atoms with Gasteiger partial charge in [0.15, 0.2) is 5.78 Å². The van der Waals surface area contributed by atoms with Crippen LogP contribution in [-0.2, 0) is 0 Å². The van der Waals surface area contributed by atoms with E-state index < -0.39 is 28.8 Å². The number of nitrogens with two attached hydrogens (primary N) is 1. The average Bonchev–Trinajstić information content (AvgIpc) is 2.18. The summed E-state index contributed by atoms with van der Waals surface area (Å²) in [5.74, 6) is -1.06. The van der Waals surface area contributed by atoms with Gasteiger partial charge in [0.25, 0.3) is 5.69 Å². The Balaban J connectivity index is 3.36. The van der Waals surface area contributed by atoms with Crippen LogP contribution in [0.1, 0.15) is 17.3 Å². The van der Waals surface area contributed by atoms with Gasteiger partial charge in [-0.05, 0) is 13.0 Å². The largest absolute Gasteiger partial charge is 0.435 e. The molecule has 0 unspecified atom stereocenters. The summed E-state index contributed by atoms with van der Waals surface area (Å²) in [7, 11) is 0. The lowest BCUT2D eigenvalue weighted by Gasteiger charge is -2.08. The monoisotopic (exact) mass is 246 g/mol. The van der Waals surface area contributed by atoms with Crippen LogP contribution in [0.4, 0.5) is 20.2 Å². The van der Waals surface area contributed by atoms with E-state index in [1.165, 1.54) is 0 Å². The molecule has 92 valence electrons. The predicted octanol–water partition coefficient (Wildman–Crippen LogP) is 1.98. The van der Waals surface area contributed by atoms with Gasteiger partial charge in [-0.2, -0.15) is 8.78 Å². The third kappa shape index (κ3) is 2.86. The van der Waals surface area contributed by atoms with Gasteiger partial charge in [0, 0.05) is 0 Å². The van der Waals surface area contributed by atoms with E-state index in [4.69, 9.17) is 5.73 Å². The van der Waals surface area contributed by atoms with Crippen LogP contribution in [0.2, 0.25) is 0 Å². The lowest BCUT2D eigenvalue weighted by atomic mass is 10.1. The molecule has 0 aliphatic carbocycles. The van der Waals surface area contributed by atoms with Crippen LogP contribution in [0.3, 0.4) is 0 Å². The Labute approximate surface area is 94.1 Å². The molecule has 0 saturated carbocycles. The molecular weight excluding hydrogens is 238 g/mol. The van der Waals surface area contributed by atoms with Gasteiger partial charge in [0.1, 0.15) is 11.4 Å². The number of nitro benzene ring substituents is 1. The van der Waals surface area contributed by atoms with E-state index in [0.717, 1.165) is 19.1 Å².